The molecule has 0 spiro atoms. The SMILES string of the molecule is CCOc1ccc(C2(CC(=O)O)CC2)c(F)c1F. The number of halogens is 2. The summed E-state index contributed by atoms with van der Waals surface area (Å²) in [6.07, 6.45) is 0.977. The largest absolute Gasteiger partial charge is 0.491 e. The van der Waals surface area contributed by atoms with Crippen LogP contribution in [0, 0.1) is 11.6 Å². The van der Waals surface area contributed by atoms with Crippen molar-refractivity contribution in [2.75, 3.05) is 6.61 Å². The number of ether oxygens (including phenoxy) is 1. The molecule has 3 nitrogen and oxygen atoms in total. The van der Waals surface area contributed by atoms with Crippen molar-refractivity contribution >= 4 is 5.97 Å². The second-order valence-electron chi connectivity index (χ2n) is 4.52. The number of hydrogen-bond acceptors (Lipinski definition) is 2. The summed E-state index contributed by atoms with van der Waals surface area (Å²) in [6, 6.07) is 2.79. The van der Waals surface area contributed by atoms with Gasteiger partial charge in [-0.1, -0.05) is 6.07 Å². The second-order valence-corrected chi connectivity index (χ2v) is 4.52. The van der Waals surface area contributed by atoms with Crippen LogP contribution in [0.15, 0.2) is 12.1 Å². The van der Waals surface area contributed by atoms with Gasteiger partial charge in [-0.25, -0.2) is 4.39 Å². The van der Waals surface area contributed by atoms with Crippen LogP contribution in [0.2, 0.25) is 0 Å². The van der Waals surface area contributed by atoms with Crippen molar-refractivity contribution < 1.29 is 23.4 Å². The first-order chi connectivity index (χ1) is 8.50. The monoisotopic (exact) mass is 256 g/mol. The van der Waals surface area contributed by atoms with Crippen molar-refractivity contribution in [1.29, 1.82) is 0 Å². The van der Waals surface area contributed by atoms with Crippen LogP contribution in [0.4, 0.5) is 8.78 Å². The molecule has 0 amide bonds. The maximum Gasteiger partial charge on any atom is 0.304 e. The molecular formula is C13H14F2O3. The van der Waals surface area contributed by atoms with Crippen molar-refractivity contribution in [2.45, 2.75) is 31.6 Å². The van der Waals surface area contributed by atoms with Crippen LogP contribution in [-0.4, -0.2) is 17.7 Å². The van der Waals surface area contributed by atoms with Gasteiger partial charge in [0, 0.05) is 5.41 Å². The van der Waals surface area contributed by atoms with Crippen molar-refractivity contribution in [3.63, 3.8) is 0 Å². The zero-order chi connectivity index (χ0) is 13.3. The first-order valence-corrected chi connectivity index (χ1v) is 5.83. The van der Waals surface area contributed by atoms with Gasteiger partial charge < -0.3 is 9.84 Å². The maximum absolute atomic E-state index is 13.9. The lowest BCUT2D eigenvalue weighted by Gasteiger charge is -2.15. The maximum atomic E-state index is 13.9. The molecule has 0 aromatic heterocycles. The van der Waals surface area contributed by atoms with E-state index in [0.29, 0.717) is 12.8 Å². The molecule has 0 atom stereocenters. The first kappa shape index (κ1) is 12.8. The minimum Gasteiger partial charge on any atom is -0.491 e. The Morgan fingerprint density at radius 3 is 2.56 bits per heavy atom. The molecule has 5 heteroatoms. The molecule has 0 bridgehead atoms. The molecule has 0 saturated heterocycles. The van der Waals surface area contributed by atoms with Gasteiger partial charge in [0.25, 0.3) is 0 Å². The van der Waals surface area contributed by atoms with Gasteiger partial charge in [-0.3, -0.25) is 4.79 Å². The van der Waals surface area contributed by atoms with E-state index in [-0.39, 0.29) is 24.3 Å². The smallest absolute Gasteiger partial charge is 0.304 e. The lowest BCUT2D eigenvalue weighted by atomic mass is 9.91. The van der Waals surface area contributed by atoms with Crippen molar-refractivity contribution in [2.24, 2.45) is 0 Å². The van der Waals surface area contributed by atoms with Crippen molar-refractivity contribution in [1.82, 2.24) is 0 Å². The number of carbonyl (C=O) groups is 1. The summed E-state index contributed by atoms with van der Waals surface area (Å²) in [7, 11) is 0. The first-order valence-electron chi connectivity index (χ1n) is 5.83. The standard InChI is InChI=1S/C13H14F2O3/c1-2-18-9-4-3-8(11(14)12(9)15)13(5-6-13)7-10(16)17/h3-4H,2,5-7H2,1H3,(H,16,17). The minimum absolute atomic E-state index is 0.134. The predicted octanol–water partition coefficient (Wildman–Crippen LogP) is 2.87. The zero-order valence-electron chi connectivity index (χ0n) is 10.0. The van der Waals surface area contributed by atoms with E-state index in [2.05, 4.69) is 0 Å². The van der Waals surface area contributed by atoms with E-state index in [9.17, 15) is 13.6 Å². The Morgan fingerprint density at radius 1 is 1.39 bits per heavy atom. The van der Waals surface area contributed by atoms with Crippen LogP contribution >= 0.6 is 0 Å². The number of hydrogen-bond donors (Lipinski definition) is 1. The molecule has 1 N–H and O–H groups in total. The lowest BCUT2D eigenvalue weighted by Crippen LogP contribution is -2.15. The lowest BCUT2D eigenvalue weighted by molar-refractivity contribution is -0.137. The average molecular weight is 256 g/mol. The Labute approximate surface area is 103 Å². The highest BCUT2D eigenvalue weighted by Crippen LogP contribution is 2.52. The Hall–Kier alpha value is -1.65. The highest BCUT2D eigenvalue weighted by molar-refractivity contribution is 5.70. The van der Waals surface area contributed by atoms with E-state index < -0.39 is 23.0 Å². The average Bonchev–Trinajstić information content (AvgIpc) is 3.05. The molecule has 18 heavy (non-hydrogen) atoms. The summed E-state index contributed by atoms with van der Waals surface area (Å²) in [5.74, 6) is -3.16. The molecule has 2 rings (SSSR count). The predicted molar refractivity (Wildman–Crippen MR) is 60.7 cm³/mol. The molecule has 98 valence electrons. The van der Waals surface area contributed by atoms with Gasteiger partial charge >= 0.3 is 5.97 Å². The summed E-state index contributed by atoms with van der Waals surface area (Å²) in [6.45, 7) is 1.92. The summed E-state index contributed by atoms with van der Waals surface area (Å²) in [4.78, 5) is 10.8. The summed E-state index contributed by atoms with van der Waals surface area (Å²) in [5, 5.41) is 8.81. The van der Waals surface area contributed by atoms with Gasteiger partial charge in [0.15, 0.2) is 11.6 Å². The Balaban J connectivity index is 2.35. The van der Waals surface area contributed by atoms with Crippen molar-refractivity contribution in [3.05, 3.63) is 29.3 Å². The van der Waals surface area contributed by atoms with E-state index in [1.165, 1.54) is 12.1 Å². The molecule has 1 aromatic carbocycles. The normalized spacial score (nSPS) is 16.4. The van der Waals surface area contributed by atoms with E-state index in [1.54, 1.807) is 6.92 Å². The number of aliphatic carboxylic acids is 1. The Kier molecular flexibility index (Phi) is 3.24. The Bertz CT molecular complexity index is 481. The van der Waals surface area contributed by atoms with Crippen LogP contribution in [0.5, 0.6) is 5.75 Å². The summed E-state index contributed by atoms with van der Waals surface area (Å²) >= 11 is 0. The van der Waals surface area contributed by atoms with E-state index in [1.807, 2.05) is 0 Å². The van der Waals surface area contributed by atoms with Crippen LogP contribution in [0.25, 0.3) is 0 Å². The Morgan fingerprint density at radius 2 is 2.06 bits per heavy atom. The van der Waals surface area contributed by atoms with E-state index >= 15 is 0 Å². The molecule has 1 aliphatic carbocycles. The highest BCUT2D eigenvalue weighted by Gasteiger charge is 2.48. The molecule has 0 unspecified atom stereocenters. The zero-order valence-corrected chi connectivity index (χ0v) is 10.0. The van der Waals surface area contributed by atoms with Gasteiger partial charge in [0.1, 0.15) is 0 Å². The summed E-state index contributed by atoms with van der Waals surface area (Å²) < 4.78 is 32.6. The van der Waals surface area contributed by atoms with Crippen LogP contribution in [0.3, 0.4) is 0 Å². The van der Waals surface area contributed by atoms with E-state index in [4.69, 9.17) is 9.84 Å². The van der Waals surface area contributed by atoms with Gasteiger partial charge in [0.05, 0.1) is 13.0 Å². The molecule has 0 heterocycles. The molecular weight excluding hydrogens is 242 g/mol. The molecule has 0 aliphatic heterocycles. The fourth-order valence-corrected chi connectivity index (χ4v) is 2.19. The molecule has 1 saturated carbocycles. The van der Waals surface area contributed by atoms with Gasteiger partial charge in [-0.05, 0) is 31.4 Å². The molecule has 1 fully saturated rings. The topological polar surface area (TPSA) is 46.5 Å². The molecule has 1 aliphatic rings. The van der Waals surface area contributed by atoms with Gasteiger partial charge in [-0.15, -0.1) is 0 Å². The number of rotatable bonds is 5. The van der Waals surface area contributed by atoms with Crippen LogP contribution in [-0.2, 0) is 10.2 Å². The van der Waals surface area contributed by atoms with Gasteiger partial charge in [-0.2, -0.15) is 4.39 Å². The van der Waals surface area contributed by atoms with Crippen LogP contribution < -0.4 is 4.74 Å². The third-order valence-corrected chi connectivity index (χ3v) is 3.26. The third-order valence-electron chi connectivity index (χ3n) is 3.26. The molecule has 1 aromatic rings. The number of carboxylic acids is 1. The summed E-state index contributed by atoms with van der Waals surface area (Å²) in [5.41, 5.74) is -0.590. The second kappa shape index (κ2) is 4.55. The van der Waals surface area contributed by atoms with Gasteiger partial charge in [0.2, 0.25) is 5.82 Å². The quantitative estimate of drug-likeness (QED) is 0.881. The third kappa shape index (κ3) is 2.17. The van der Waals surface area contributed by atoms with Crippen molar-refractivity contribution in [3.8, 4) is 5.75 Å². The van der Waals surface area contributed by atoms with E-state index in [0.717, 1.165) is 0 Å². The highest BCUT2D eigenvalue weighted by atomic mass is 19.2. The number of benzene rings is 1. The minimum atomic E-state index is -1.04. The fraction of sp³-hybridized carbons (Fsp3) is 0.462. The fourth-order valence-electron chi connectivity index (χ4n) is 2.19. The number of carboxylic acid groups (broad SMARTS) is 1. The van der Waals surface area contributed by atoms with Crippen LogP contribution in [0.1, 0.15) is 31.7 Å². The molecule has 0 radical (unpaired) electrons.